The van der Waals surface area contributed by atoms with Gasteiger partial charge in [0.2, 0.25) is 0 Å². The Bertz CT molecular complexity index is 1560. The molecule has 0 unspecified atom stereocenters. The van der Waals surface area contributed by atoms with Crippen LogP contribution in [0.3, 0.4) is 0 Å². The molecule has 0 saturated carbocycles. The van der Waals surface area contributed by atoms with Crippen molar-refractivity contribution in [3.8, 4) is 34.0 Å². The summed E-state index contributed by atoms with van der Waals surface area (Å²) in [6.45, 7) is 3.29. The van der Waals surface area contributed by atoms with Crippen molar-refractivity contribution in [3.05, 3.63) is 78.6 Å². The highest BCUT2D eigenvalue weighted by Crippen LogP contribution is 2.31. The monoisotopic (exact) mass is 463 g/mol. The van der Waals surface area contributed by atoms with E-state index in [0.29, 0.717) is 24.5 Å². The van der Waals surface area contributed by atoms with Gasteiger partial charge in [0.15, 0.2) is 11.5 Å². The lowest BCUT2D eigenvalue weighted by molar-refractivity contribution is 0.0163. The molecule has 9 nitrogen and oxygen atoms in total. The lowest BCUT2D eigenvalue weighted by atomic mass is 10.0. The summed E-state index contributed by atoms with van der Waals surface area (Å²) in [6.07, 6.45) is 4.83. The highest BCUT2D eigenvalue weighted by atomic mass is 16.5. The molecule has 4 aromatic heterocycles. The zero-order chi connectivity index (χ0) is 23.8. The van der Waals surface area contributed by atoms with Gasteiger partial charge in [-0.2, -0.15) is 0 Å². The largest absolute Gasteiger partial charge is 0.455 e. The molecule has 1 aliphatic rings. The summed E-state index contributed by atoms with van der Waals surface area (Å²) in [7, 11) is 0. The van der Waals surface area contributed by atoms with Crippen molar-refractivity contribution in [2.45, 2.75) is 13.0 Å². The van der Waals surface area contributed by atoms with Crippen LogP contribution in [0.15, 0.2) is 67.3 Å². The van der Waals surface area contributed by atoms with Crippen LogP contribution in [0.4, 0.5) is 0 Å². The van der Waals surface area contributed by atoms with Gasteiger partial charge in [0, 0.05) is 47.7 Å². The molecule has 0 bridgehead atoms. The van der Waals surface area contributed by atoms with Crippen LogP contribution in [-0.4, -0.2) is 55.1 Å². The van der Waals surface area contributed by atoms with E-state index in [1.54, 1.807) is 24.8 Å². The van der Waals surface area contributed by atoms with Crippen LogP contribution < -0.4 is 5.32 Å². The predicted octanol–water partition coefficient (Wildman–Crippen LogP) is 3.58. The molecule has 1 aliphatic heterocycles. The van der Waals surface area contributed by atoms with E-state index in [-0.39, 0.29) is 11.8 Å². The number of aromatic amines is 1. The second-order valence-electron chi connectivity index (χ2n) is 8.37. The van der Waals surface area contributed by atoms with Gasteiger partial charge in [0.05, 0.1) is 28.9 Å². The first-order valence-corrected chi connectivity index (χ1v) is 11.3. The maximum absolute atomic E-state index is 12.4. The summed E-state index contributed by atoms with van der Waals surface area (Å²) in [4.78, 5) is 38.2. The number of hydrogen-bond acceptors (Lipinski definition) is 8. The molecule has 0 aliphatic carbocycles. The number of aromatic nitrogens is 6. The van der Waals surface area contributed by atoms with E-state index >= 15 is 0 Å². The van der Waals surface area contributed by atoms with Crippen LogP contribution in [0.1, 0.15) is 16.2 Å². The predicted molar refractivity (Wildman–Crippen MR) is 130 cm³/mol. The maximum atomic E-state index is 12.4. The van der Waals surface area contributed by atoms with Crippen molar-refractivity contribution in [3.63, 3.8) is 0 Å². The molecule has 2 N–H and O–H groups in total. The molecule has 1 fully saturated rings. The molecule has 6 rings (SSSR count). The first kappa shape index (κ1) is 21.1. The van der Waals surface area contributed by atoms with Gasteiger partial charge < -0.3 is 15.0 Å². The highest BCUT2D eigenvalue weighted by Gasteiger charge is 2.23. The number of benzene rings is 1. The Kier molecular flexibility index (Phi) is 5.23. The van der Waals surface area contributed by atoms with Crippen molar-refractivity contribution in [2.75, 3.05) is 13.1 Å². The first-order valence-electron chi connectivity index (χ1n) is 11.3. The topological polar surface area (TPSA) is 119 Å². The molecule has 0 radical (unpaired) electrons. The number of fused-ring (bicyclic) bond motifs is 1. The molecule has 5 aromatic rings. The Labute approximate surface area is 200 Å². The fourth-order valence-electron chi connectivity index (χ4n) is 3.96. The van der Waals surface area contributed by atoms with Crippen LogP contribution in [-0.2, 0) is 4.74 Å². The van der Waals surface area contributed by atoms with Gasteiger partial charge in [0.25, 0.3) is 0 Å². The van der Waals surface area contributed by atoms with Crippen molar-refractivity contribution in [1.29, 1.82) is 0 Å². The average Bonchev–Trinajstić information content (AvgIpc) is 3.36. The molecule has 0 spiro atoms. The minimum Gasteiger partial charge on any atom is -0.455 e. The van der Waals surface area contributed by atoms with E-state index in [1.165, 1.54) is 0 Å². The zero-order valence-corrected chi connectivity index (χ0v) is 18.9. The van der Waals surface area contributed by atoms with Crippen LogP contribution >= 0.6 is 0 Å². The van der Waals surface area contributed by atoms with Gasteiger partial charge in [-0.25, -0.2) is 19.7 Å². The van der Waals surface area contributed by atoms with Gasteiger partial charge in [-0.3, -0.25) is 9.97 Å². The Balaban J connectivity index is 1.34. The third kappa shape index (κ3) is 4.13. The normalized spacial score (nSPS) is 13.5. The van der Waals surface area contributed by atoms with Crippen molar-refractivity contribution < 1.29 is 9.53 Å². The smallest absolute Gasteiger partial charge is 0.357 e. The van der Waals surface area contributed by atoms with Gasteiger partial charge in [-0.1, -0.05) is 12.1 Å². The van der Waals surface area contributed by atoms with E-state index < -0.39 is 5.97 Å². The number of hydrogen-bond donors (Lipinski definition) is 2. The van der Waals surface area contributed by atoms with Crippen LogP contribution in [0.5, 0.6) is 0 Å². The molecule has 9 heteroatoms. The van der Waals surface area contributed by atoms with E-state index in [0.717, 1.165) is 39.2 Å². The van der Waals surface area contributed by atoms with Crippen molar-refractivity contribution in [2.24, 2.45) is 0 Å². The standard InChI is InChI=1S/C26H21N7O2/c1-15-3-2-4-21(32-15)24-23(30-14-31-24)16-5-6-20-17(9-16)10-18(11-29-20)25-28-8-7-22(33-25)26(34)35-19-12-27-13-19/h2-11,14,19,27H,12-13H2,1H3,(H,30,31). The Morgan fingerprint density at radius 2 is 1.89 bits per heavy atom. The Morgan fingerprint density at radius 1 is 1.00 bits per heavy atom. The number of carbonyl (C=O) groups excluding carboxylic acids is 1. The third-order valence-electron chi connectivity index (χ3n) is 5.88. The van der Waals surface area contributed by atoms with Gasteiger partial charge >= 0.3 is 5.97 Å². The fraction of sp³-hybridized carbons (Fsp3) is 0.154. The number of nitrogens with zero attached hydrogens (tertiary/aromatic N) is 5. The van der Waals surface area contributed by atoms with Crippen LogP contribution in [0.25, 0.3) is 44.9 Å². The van der Waals surface area contributed by atoms with Crippen molar-refractivity contribution >= 4 is 16.9 Å². The van der Waals surface area contributed by atoms with Crippen LogP contribution in [0, 0.1) is 6.92 Å². The van der Waals surface area contributed by atoms with Gasteiger partial charge in [0.1, 0.15) is 6.10 Å². The Morgan fingerprint density at radius 3 is 2.71 bits per heavy atom. The third-order valence-corrected chi connectivity index (χ3v) is 5.88. The number of esters is 1. The number of carbonyl (C=O) groups is 1. The molecule has 5 heterocycles. The fourth-order valence-corrected chi connectivity index (χ4v) is 3.96. The Hall–Kier alpha value is -4.50. The summed E-state index contributed by atoms with van der Waals surface area (Å²) >= 11 is 0. The highest BCUT2D eigenvalue weighted by molar-refractivity contribution is 5.90. The quantitative estimate of drug-likeness (QED) is 0.380. The van der Waals surface area contributed by atoms with E-state index in [1.807, 2.05) is 49.4 Å². The molecular formula is C26H21N7O2. The number of aryl methyl sites for hydroxylation is 1. The van der Waals surface area contributed by atoms with E-state index in [4.69, 9.17) is 4.74 Å². The lowest BCUT2D eigenvalue weighted by Crippen LogP contribution is -2.49. The molecular weight excluding hydrogens is 442 g/mol. The minimum atomic E-state index is -0.452. The molecule has 1 saturated heterocycles. The maximum Gasteiger partial charge on any atom is 0.357 e. The number of rotatable bonds is 5. The summed E-state index contributed by atoms with van der Waals surface area (Å²) in [6, 6.07) is 15.4. The molecule has 172 valence electrons. The second-order valence-corrected chi connectivity index (χ2v) is 8.37. The summed E-state index contributed by atoms with van der Waals surface area (Å²) in [5, 5.41) is 3.98. The van der Waals surface area contributed by atoms with Crippen molar-refractivity contribution in [1.82, 2.24) is 35.2 Å². The second kappa shape index (κ2) is 8.69. The zero-order valence-electron chi connectivity index (χ0n) is 18.9. The lowest BCUT2D eigenvalue weighted by Gasteiger charge is -2.26. The minimum absolute atomic E-state index is 0.108. The number of imidazole rings is 1. The summed E-state index contributed by atoms with van der Waals surface area (Å²) < 4.78 is 5.42. The number of H-pyrrole nitrogens is 1. The average molecular weight is 464 g/mol. The molecule has 35 heavy (non-hydrogen) atoms. The molecule has 1 aromatic carbocycles. The van der Waals surface area contributed by atoms with E-state index in [2.05, 4.69) is 35.2 Å². The van der Waals surface area contributed by atoms with Crippen LogP contribution in [0.2, 0.25) is 0 Å². The van der Waals surface area contributed by atoms with Gasteiger partial charge in [-0.15, -0.1) is 0 Å². The molecule has 0 atom stereocenters. The number of nitrogens with one attached hydrogen (secondary N) is 2. The summed E-state index contributed by atoms with van der Waals surface area (Å²) in [5.74, 6) is -0.0394. The summed E-state index contributed by atoms with van der Waals surface area (Å²) in [5.41, 5.74) is 6.12. The first-order chi connectivity index (χ1) is 17.1. The SMILES string of the molecule is Cc1cccc(-c2[nH]cnc2-c2ccc3ncc(-c4nccc(C(=O)OC5CNC5)n4)cc3c2)n1. The molecule has 0 amide bonds. The number of pyridine rings is 2. The number of ether oxygens (including phenoxy) is 1. The van der Waals surface area contributed by atoms with Gasteiger partial charge in [-0.05, 0) is 43.3 Å². The van der Waals surface area contributed by atoms with E-state index in [9.17, 15) is 4.79 Å².